The fourth-order valence-electron chi connectivity index (χ4n) is 2.21. The Bertz CT molecular complexity index is 559. The van der Waals surface area contributed by atoms with E-state index in [0.717, 1.165) is 38.1 Å². The van der Waals surface area contributed by atoms with Crippen LogP contribution in [0.5, 0.6) is 0 Å². The standard InChI is InChI=1S/C12H16ClFN2O2S/c1-16(10-4-6-15-7-5-10)19(17,18)12-3-2-9(14)8-11(12)13/h2-3,8,10,15H,4-7H2,1H3. The van der Waals surface area contributed by atoms with Gasteiger partial charge in [-0.15, -0.1) is 0 Å². The van der Waals surface area contributed by atoms with E-state index < -0.39 is 15.8 Å². The van der Waals surface area contributed by atoms with E-state index >= 15 is 0 Å². The van der Waals surface area contributed by atoms with Crippen molar-refractivity contribution in [3.05, 3.63) is 29.0 Å². The molecule has 1 fully saturated rings. The van der Waals surface area contributed by atoms with Crippen molar-refractivity contribution >= 4 is 21.6 Å². The average molecular weight is 307 g/mol. The number of halogens is 2. The van der Waals surface area contributed by atoms with Gasteiger partial charge in [-0.2, -0.15) is 4.31 Å². The Labute approximate surface area is 117 Å². The summed E-state index contributed by atoms with van der Waals surface area (Å²) in [5.41, 5.74) is 0. The van der Waals surface area contributed by atoms with Crippen LogP contribution in [0.25, 0.3) is 0 Å². The first kappa shape index (κ1) is 14.7. The monoisotopic (exact) mass is 306 g/mol. The molecule has 1 aromatic carbocycles. The molecule has 1 aliphatic rings. The molecule has 0 unspecified atom stereocenters. The first-order valence-electron chi connectivity index (χ1n) is 6.07. The van der Waals surface area contributed by atoms with Crippen LogP contribution in [0.15, 0.2) is 23.1 Å². The van der Waals surface area contributed by atoms with Crippen LogP contribution in [0, 0.1) is 5.82 Å². The lowest BCUT2D eigenvalue weighted by Crippen LogP contribution is -2.43. The van der Waals surface area contributed by atoms with E-state index in [1.165, 1.54) is 10.4 Å². The predicted octanol–water partition coefficient (Wildman–Crippen LogP) is 1.85. The first-order valence-corrected chi connectivity index (χ1v) is 7.88. The highest BCUT2D eigenvalue weighted by Crippen LogP contribution is 2.27. The summed E-state index contributed by atoms with van der Waals surface area (Å²) >= 11 is 5.84. The predicted molar refractivity (Wildman–Crippen MR) is 72.3 cm³/mol. The van der Waals surface area contributed by atoms with E-state index in [-0.39, 0.29) is 16.0 Å². The summed E-state index contributed by atoms with van der Waals surface area (Å²) < 4.78 is 39.3. The van der Waals surface area contributed by atoms with Gasteiger partial charge in [-0.3, -0.25) is 0 Å². The number of hydrogen-bond acceptors (Lipinski definition) is 3. The third-order valence-corrected chi connectivity index (χ3v) is 5.77. The van der Waals surface area contributed by atoms with Crippen molar-refractivity contribution in [2.24, 2.45) is 0 Å². The molecular weight excluding hydrogens is 291 g/mol. The molecule has 0 spiro atoms. The lowest BCUT2D eigenvalue weighted by atomic mass is 10.1. The lowest BCUT2D eigenvalue weighted by molar-refractivity contribution is 0.296. The molecule has 0 radical (unpaired) electrons. The fourth-order valence-corrected chi connectivity index (χ4v) is 4.12. The van der Waals surface area contributed by atoms with Crippen molar-refractivity contribution < 1.29 is 12.8 Å². The molecule has 1 aromatic rings. The molecule has 0 aliphatic carbocycles. The normalized spacial score (nSPS) is 17.9. The molecule has 0 bridgehead atoms. The maximum Gasteiger partial charge on any atom is 0.244 e. The van der Waals surface area contributed by atoms with Crippen LogP contribution in [0.4, 0.5) is 4.39 Å². The lowest BCUT2D eigenvalue weighted by Gasteiger charge is -2.31. The Morgan fingerprint density at radius 2 is 2.00 bits per heavy atom. The Hall–Kier alpha value is -0.690. The van der Waals surface area contributed by atoms with E-state index in [9.17, 15) is 12.8 Å². The Balaban J connectivity index is 2.30. The Morgan fingerprint density at radius 3 is 2.58 bits per heavy atom. The molecule has 0 atom stereocenters. The molecule has 0 amide bonds. The molecule has 0 saturated carbocycles. The van der Waals surface area contributed by atoms with E-state index in [1.807, 2.05) is 0 Å². The van der Waals surface area contributed by atoms with E-state index in [1.54, 1.807) is 7.05 Å². The number of nitrogens with zero attached hydrogens (tertiary/aromatic N) is 1. The van der Waals surface area contributed by atoms with Crippen molar-refractivity contribution in [1.82, 2.24) is 9.62 Å². The van der Waals surface area contributed by atoms with Crippen LogP contribution < -0.4 is 5.32 Å². The van der Waals surface area contributed by atoms with E-state index in [4.69, 9.17) is 11.6 Å². The maximum atomic E-state index is 13.0. The second kappa shape index (κ2) is 5.75. The zero-order valence-electron chi connectivity index (χ0n) is 10.6. The Kier molecular flexibility index (Phi) is 4.45. The summed E-state index contributed by atoms with van der Waals surface area (Å²) in [4.78, 5) is -0.0448. The second-order valence-corrected chi connectivity index (χ2v) is 6.95. The highest BCUT2D eigenvalue weighted by atomic mass is 35.5. The fraction of sp³-hybridized carbons (Fsp3) is 0.500. The van der Waals surface area contributed by atoms with Gasteiger partial charge in [-0.05, 0) is 44.1 Å². The molecule has 7 heteroatoms. The number of nitrogens with one attached hydrogen (secondary N) is 1. The molecule has 1 saturated heterocycles. The molecule has 1 heterocycles. The van der Waals surface area contributed by atoms with Crippen LogP contribution in [-0.4, -0.2) is 38.9 Å². The van der Waals surface area contributed by atoms with Gasteiger partial charge in [0, 0.05) is 13.1 Å². The number of hydrogen-bond donors (Lipinski definition) is 1. The number of sulfonamides is 1. The zero-order chi connectivity index (χ0) is 14.0. The minimum atomic E-state index is -3.68. The SMILES string of the molecule is CN(C1CCNCC1)S(=O)(=O)c1ccc(F)cc1Cl. The van der Waals surface area contributed by atoms with Crippen molar-refractivity contribution in [3.8, 4) is 0 Å². The molecule has 0 aromatic heterocycles. The largest absolute Gasteiger partial charge is 0.317 e. The summed E-state index contributed by atoms with van der Waals surface area (Å²) in [6.07, 6.45) is 1.52. The molecule has 4 nitrogen and oxygen atoms in total. The summed E-state index contributed by atoms with van der Waals surface area (Å²) in [5.74, 6) is -0.548. The molecular formula is C12H16ClFN2O2S. The van der Waals surface area contributed by atoms with Crippen LogP contribution in [-0.2, 0) is 10.0 Å². The molecule has 2 rings (SSSR count). The van der Waals surface area contributed by atoms with Gasteiger partial charge in [0.15, 0.2) is 0 Å². The van der Waals surface area contributed by atoms with E-state index in [0.29, 0.717) is 0 Å². The highest BCUT2D eigenvalue weighted by molar-refractivity contribution is 7.89. The van der Waals surface area contributed by atoms with Gasteiger partial charge in [0.2, 0.25) is 10.0 Å². The first-order chi connectivity index (χ1) is 8.93. The summed E-state index contributed by atoms with van der Waals surface area (Å²) in [7, 11) is -2.13. The van der Waals surface area contributed by atoms with Gasteiger partial charge >= 0.3 is 0 Å². The number of rotatable bonds is 3. The van der Waals surface area contributed by atoms with Crippen molar-refractivity contribution in [3.63, 3.8) is 0 Å². The summed E-state index contributed by atoms with van der Waals surface area (Å²) in [6.45, 7) is 1.59. The minimum absolute atomic E-state index is 0.0448. The second-order valence-electron chi connectivity index (χ2n) is 4.58. The minimum Gasteiger partial charge on any atom is -0.317 e. The van der Waals surface area contributed by atoms with Crippen molar-refractivity contribution in [2.45, 2.75) is 23.8 Å². The molecule has 106 valence electrons. The summed E-state index contributed by atoms with van der Waals surface area (Å²) in [5, 5.41) is 3.10. The molecule has 1 N–H and O–H groups in total. The maximum absolute atomic E-state index is 13.0. The topological polar surface area (TPSA) is 49.4 Å². The average Bonchev–Trinajstić information content (AvgIpc) is 2.38. The van der Waals surface area contributed by atoms with Gasteiger partial charge < -0.3 is 5.32 Å². The van der Waals surface area contributed by atoms with E-state index in [2.05, 4.69) is 5.32 Å². The van der Waals surface area contributed by atoms with Crippen LogP contribution >= 0.6 is 11.6 Å². The third kappa shape index (κ3) is 3.08. The third-order valence-electron chi connectivity index (χ3n) is 3.37. The molecule has 1 aliphatic heterocycles. The quantitative estimate of drug-likeness (QED) is 0.927. The van der Waals surface area contributed by atoms with Crippen LogP contribution in [0.3, 0.4) is 0 Å². The highest BCUT2D eigenvalue weighted by Gasteiger charge is 2.30. The van der Waals surface area contributed by atoms with Crippen LogP contribution in [0.2, 0.25) is 5.02 Å². The van der Waals surface area contributed by atoms with Gasteiger partial charge in [0.25, 0.3) is 0 Å². The van der Waals surface area contributed by atoms with Crippen LogP contribution in [0.1, 0.15) is 12.8 Å². The van der Waals surface area contributed by atoms with Crippen molar-refractivity contribution in [1.29, 1.82) is 0 Å². The molecule has 19 heavy (non-hydrogen) atoms. The van der Waals surface area contributed by atoms with Gasteiger partial charge in [0.05, 0.1) is 5.02 Å². The van der Waals surface area contributed by atoms with Crippen molar-refractivity contribution in [2.75, 3.05) is 20.1 Å². The zero-order valence-corrected chi connectivity index (χ0v) is 12.1. The van der Waals surface area contributed by atoms with Gasteiger partial charge in [-0.1, -0.05) is 11.6 Å². The summed E-state index contributed by atoms with van der Waals surface area (Å²) in [6, 6.07) is 3.29. The smallest absolute Gasteiger partial charge is 0.244 e. The van der Waals surface area contributed by atoms with Gasteiger partial charge in [-0.25, -0.2) is 12.8 Å². The number of benzene rings is 1. The number of piperidine rings is 1. The van der Waals surface area contributed by atoms with Gasteiger partial charge in [0.1, 0.15) is 10.7 Å². The Morgan fingerprint density at radius 1 is 1.37 bits per heavy atom.